The van der Waals surface area contributed by atoms with Crippen LogP contribution >= 0.6 is 0 Å². The third-order valence-electron chi connectivity index (χ3n) is 11.8. The highest BCUT2D eigenvalue weighted by Crippen LogP contribution is 2.47. The first kappa shape index (κ1) is 42.1. The highest BCUT2D eigenvalue weighted by atomic mass is 16.6. The van der Waals surface area contributed by atoms with Gasteiger partial charge in [0.2, 0.25) is 0 Å². The molecule has 0 aliphatic heterocycles. The molecule has 0 atom stereocenters. The van der Waals surface area contributed by atoms with Gasteiger partial charge < -0.3 is 28.4 Å². The number of benzene rings is 1. The predicted octanol–water partition coefficient (Wildman–Crippen LogP) is 9.65. The highest BCUT2D eigenvalue weighted by Gasteiger charge is 2.33. The van der Waals surface area contributed by atoms with Crippen LogP contribution in [0.15, 0.2) is 42.5 Å². The van der Waals surface area contributed by atoms with Gasteiger partial charge in [0.25, 0.3) is 0 Å². The maximum atomic E-state index is 12.1. The molecule has 3 aliphatic rings. The summed E-state index contributed by atoms with van der Waals surface area (Å²) in [5.74, 6) is 3.86. The van der Waals surface area contributed by atoms with Crippen molar-refractivity contribution in [3.8, 4) is 5.75 Å². The molecule has 0 saturated heterocycles. The van der Waals surface area contributed by atoms with E-state index in [9.17, 15) is 9.59 Å². The Hall–Kier alpha value is -2.68. The van der Waals surface area contributed by atoms with Gasteiger partial charge in [-0.25, -0.2) is 9.59 Å². The first-order valence-electron chi connectivity index (χ1n) is 20.4. The molecule has 0 aromatic heterocycles. The van der Waals surface area contributed by atoms with Crippen LogP contribution in [0.5, 0.6) is 5.75 Å². The summed E-state index contributed by atoms with van der Waals surface area (Å²) < 4.78 is 33.0. The van der Waals surface area contributed by atoms with Gasteiger partial charge in [-0.2, -0.15) is 0 Å². The van der Waals surface area contributed by atoms with E-state index in [4.69, 9.17) is 28.4 Å². The van der Waals surface area contributed by atoms with Crippen LogP contribution in [-0.4, -0.2) is 71.9 Å². The minimum Gasteiger partial charge on any atom is -0.490 e. The molecule has 292 valence electrons. The topological polar surface area (TPSA) is 89.5 Å². The first-order valence-corrected chi connectivity index (χ1v) is 20.4. The molecule has 52 heavy (non-hydrogen) atoms. The molecular weight excluding hydrogens is 656 g/mol. The summed E-state index contributed by atoms with van der Waals surface area (Å²) >= 11 is 0. The molecule has 0 unspecified atom stereocenters. The third-order valence-corrected chi connectivity index (χ3v) is 11.8. The van der Waals surface area contributed by atoms with E-state index in [0.29, 0.717) is 42.8 Å². The van der Waals surface area contributed by atoms with Gasteiger partial charge in [-0.3, -0.25) is 0 Å². The van der Waals surface area contributed by atoms with Gasteiger partial charge in [-0.15, -0.1) is 0 Å². The predicted molar refractivity (Wildman–Crippen MR) is 206 cm³/mol. The largest absolute Gasteiger partial charge is 0.490 e. The molecule has 0 heterocycles. The molecule has 8 heteroatoms. The highest BCUT2D eigenvalue weighted by molar-refractivity contribution is 5.88. The Morgan fingerprint density at radius 2 is 1.21 bits per heavy atom. The molecule has 0 amide bonds. The Balaban J connectivity index is 1.29. The third kappa shape index (κ3) is 13.6. The van der Waals surface area contributed by atoms with Crippen LogP contribution < -0.4 is 4.74 Å². The molecule has 4 rings (SSSR count). The molecule has 1 aromatic carbocycles. The van der Waals surface area contributed by atoms with Crippen molar-refractivity contribution in [3.63, 3.8) is 0 Å². The second kappa shape index (κ2) is 23.2. The summed E-state index contributed by atoms with van der Waals surface area (Å²) in [7, 11) is 3.07. The molecule has 3 saturated carbocycles. The number of ether oxygens (including phenoxy) is 6. The van der Waals surface area contributed by atoms with Crippen LogP contribution in [0.3, 0.4) is 0 Å². The summed E-state index contributed by atoms with van der Waals surface area (Å²) in [6.45, 7) is 11.6. The van der Waals surface area contributed by atoms with Gasteiger partial charge in [0, 0.05) is 20.8 Å². The van der Waals surface area contributed by atoms with E-state index in [-0.39, 0.29) is 31.9 Å². The lowest BCUT2D eigenvalue weighted by molar-refractivity contribution is -0.141. The summed E-state index contributed by atoms with van der Waals surface area (Å²) in [4.78, 5) is 24.0. The number of rotatable bonds is 22. The minimum absolute atomic E-state index is 0.159. The maximum absolute atomic E-state index is 12.1. The van der Waals surface area contributed by atoms with Crippen LogP contribution in [0.25, 0.3) is 0 Å². The van der Waals surface area contributed by atoms with Gasteiger partial charge in [0.15, 0.2) is 0 Å². The number of esters is 2. The summed E-state index contributed by atoms with van der Waals surface area (Å²) in [5.41, 5.74) is 3.60. The number of methoxy groups -OCH3 is 2. The van der Waals surface area contributed by atoms with Crippen molar-refractivity contribution in [3.05, 3.63) is 53.6 Å². The zero-order valence-electron chi connectivity index (χ0n) is 32.6. The second-order valence-electron chi connectivity index (χ2n) is 15.6. The molecule has 3 fully saturated rings. The van der Waals surface area contributed by atoms with E-state index in [1.165, 1.54) is 96.0 Å². The summed E-state index contributed by atoms with van der Waals surface area (Å²) in [5, 5.41) is 0. The molecule has 0 bridgehead atoms. The van der Waals surface area contributed by atoms with E-state index in [1.807, 2.05) is 0 Å². The Labute approximate surface area is 314 Å². The van der Waals surface area contributed by atoms with E-state index in [1.54, 1.807) is 0 Å². The second-order valence-corrected chi connectivity index (χ2v) is 15.6. The number of hydrogen-bond acceptors (Lipinski definition) is 8. The number of carbonyl (C=O) groups excluding carboxylic acids is 2. The zero-order valence-corrected chi connectivity index (χ0v) is 32.6. The van der Waals surface area contributed by atoms with Crippen LogP contribution in [0, 0.1) is 17.8 Å². The standard InChI is InChI=1S/C44H68O8/c1-6-7-10-34-11-13-35(14-12-34)36-15-17-38(18-16-36)42-29-40(50-27-28-52-44(46)33(3)31-48-5)23-24-41(42)37-19-21-39(22-20-37)49-25-8-9-26-51-43(45)32(2)30-47-4/h23-24,29,34-39H,2-3,6-22,25-28,30-31H2,1,4-5H3. The molecule has 1 aromatic rings. The average molecular weight is 725 g/mol. The minimum atomic E-state index is -0.446. The quantitative estimate of drug-likeness (QED) is 0.0664. The Bertz CT molecular complexity index is 1230. The van der Waals surface area contributed by atoms with Crippen molar-refractivity contribution in [1.29, 1.82) is 0 Å². The number of unbranched alkanes of at least 4 members (excludes halogenated alkanes) is 2. The van der Waals surface area contributed by atoms with Gasteiger partial charge >= 0.3 is 11.9 Å². The lowest BCUT2D eigenvalue weighted by Gasteiger charge is -2.39. The molecule has 0 radical (unpaired) electrons. The van der Waals surface area contributed by atoms with Crippen LogP contribution in [0.1, 0.15) is 139 Å². The molecule has 0 N–H and O–H groups in total. The van der Waals surface area contributed by atoms with E-state index in [2.05, 4.69) is 38.3 Å². The van der Waals surface area contributed by atoms with Crippen molar-refractivity contribution in [2.24, 2.45) is 17.8 Å². The maximum Gasteiger partial charge on any atom is 0.335 e. The van der Waals surface area contributed by atoms with Crippen molar-refractivity contribution in [1.82, 2.24) is 0 Å². The van der Waals surface area contributed by atoms with Gasteiger partial charge in [0.1, 0.15) is 19.0 Å². The average Bonchev–Trinajstić information content (AvgIpc) is 3.17. The zero-order chi connectivity index (χ0) is 37.1. The van der Waals surface area contributed by atoms with Crippen LogP contribution in [0.4, 0.5) is 0 Å². The summed E-state index contributed by atoms with van der Waals surface area (Å²) in [6, 6.07) is 6.72. The van der Waals surface area contributed by atoms with Crippen molar-refractivity contribution < 1.29 is 38.0 Å². The van der Waals surface area contributed by atoms with Crippen molar-refractivity contribution in [2.75, 3.05) is 53.9 Å². The summed E-state index contributed by atoms with van der Waals surface area (Å²) in [6.07, 6.45) is 21.3. The first-order chi connectivity index (χ1) is 25.3. The van der Waals surface area contributed by atoms with E-state index in [0.717, 1.165) is 62.0 Å². The smallest absolute Gasteiger partial charge is 0.335 e. The van der Waals surface area contributed by atoms with Crippen molar-refractivity contribution >= 4 is 11.9 Å². The monoisotopic (exact) mass is 724 g/mol. The molecule has 0 spiro atoms. The molecule has 3 aliphatic carbocycles. The number of carbonyl (C=O) groups is 2. The van der Waals surface area contributed by atoms with Crippen LogP contribution in [0.2, 0.25) is 0 Å². The lowest BCUT2D eigenvalue weighted by Crippen LogP contribution is -2.26. The Morgan fingerprint density at radius 1 is 0.654 bits per heavy atom. The van der Waals surface area contributed by atoms with E-state index < -0.39 is 5.97 Å². The SMILES string of the molecule is C=C(COC)C(=O)OCCCCOC1CCC(c2ccc(OCCOC(=O)C(=C)COC)cc2C2CCC(C3CCC(CCCC)CC3)CC2)CC1. The van der Waals surface area contributed by atoms with Gasteiger partial charge in [-0.1, -0.05) is 58.3 Å². The fourth-order valence-electron chi connectivity index (χ4n) is 8.83. The van der Waals surface area contributed by atoms with Gasteiger partial charge in [0.05, 0.1) is 37.1 Å². The van der Waals surface area contributed by atoms with Crippen LogP contribution in [-0.2, 0) is 33.3 Å². The normalized spacial score (nSPS) is 24.9. The number of hydrogen-bond donors (Lipinski definition) is 0. The fraction of sp³-hybridized carbons (Fsp3) is 0.727. The Morgan fingerprint density at radius 3 is 1.83 bits per heavy atom. The molecular formula is C44H68O8. The molecule has 8 nitrogen and oxygen atoms in total. The van der Waals surface area contributed by atoms with E-state index >= 15 is 0 Å². The van der Waals surface area contributed by atoms with Gasteiger partial charge in [-0.05, 0) is 130 Å². The Kier molecular flexibility index (Phi) is 18.8. The lowest BCUT2D eigenvalue weighted by atomic mass is 9.67. The fourth-order valence-corrected chi connectivity index (χ4v) is 8.83. The van der Waals surface area contributed by atoms with Crippen molar-refractivity contribution in [2.45, 2.75) is 134 Å².